The lowest BCUT2D eigenvalue weighted by molar-refractivity contribution is -0.134. The topological polar surface area (TPSA) is 99.5 Å². The third-order valence-electron chi connectivity index (χ3n) is 5.92. The number of para-hydroxylation sites is 4. The first-order chi connectivity index (χ1) is 19.0. The van der Waals surface area contributed by atoms with Crippen molar-refractivity contribution in [3.63, 3.8) is 0 Å². The Hall–Kier alpha value is -4.56. The van der Waals surface area contributed by atoms with Gasteiger partial charge < -0.3 is 24.6 Å². The summed E-state index contributed by atoms with van der Waals surface area (Å²) in [5, 5.41) is 15.6. The minimum atomic E-state index is -1.26. The fourth-order valence-corrected chi connectivity index (χ4v) is 4.05. The number of benzene rings is 3. The van der Waals surface area contributed by atoms with Gasteiger partial charge in [0.2, 0.25) is 0 Å². The van der Waals surface area contributed by atoms with Crippen molar-refractivity contribution in [3.8, 4) is 11.5 Å². The molecule has 0 aliphatic carbocycles. The average Bonchev–Trinajstić information content (AvgIpc) is 2.97. The molecular weight excluding hydrogens is 496 g/mol. The van der Waals surface area contributed by atoms with Crippen LogP contribution in [-0.4, -0.2) is 60.3 Å². The van der Waals surface area contributed by atoms with Gasteiger partial charge in [-0.1, -0.05) is 48.5 Å². The molecule has 0 unspecified atom stereocenters. The fourth-order valence-electron chi connectivity index (χ4n) is 4.05. The van der Waals surface area contributed by atoms with Crippen LogP contribution in [-0.2, 0) is 9.59 Å². The van der Waals surface area contributed by atoms with E-state index in [2.05, 4.69) is 76.5 Å². The number of anilines is 2. The van der Waals surface area contributed by atoms with E-state index in [9.17, 15) is 9.59 Å². The molecule has 0 spiro atoms. The molecule has 0 bridgehead atoms. The molecular formula is C31H34N2O6. The number of hydrogen-bond donors (Lipinski definition) is 2. The van der Waals surface area contributed by atoms with Gasteiger partial charge in [0, 0.05) is 56.1 Å². The third-order valence-corrected chi connectivity index (χ3v) is 5.92. The van der Waals surface area contributed by atoms with Crippen molar-refractivity contribution in [2.24, 2.45) is 0 Å². The van der Waals surface area contributed by atoms with Crippen molar-refractivity contribution in [2.45, 2.75) is 12.8 Å². The van der Waals surface area contributed by atoms with Crippen LogP contribution in [0.2, 0.25) is 0 Å². The number of carboxylic acid groups (broad SMARTS) is 2. The molecule has 4 rings (SSSR count). The number of nitrogens with zero attached hydrogens (tertiary/aromatic N) is 2. The quantitative estimate of drug-likeness (QED) is 0.309. The summed E-state index contributed by atoms with van der Waals surface area (Å²) in [4.78, 5) is 24.0. The highest BCUT2D eigenvalue weighted by molar-refractivity contribution is 5.89. The molecule has 1 aliphatic heterocycles. The Morgan fingerprint density at radius 1 is 0.846 bits per heavy atom. The smallest absolute Gasteiger partial charge is 0.328 e. The van der Waals surface area contributed by atoms with Crippen molar-refractivity contribution in [3.05, 3.63) is 109 Å². The summed E-state index contributed by atoms with van der Waals surface area (Å²) in [7, 11) is 1.67. The number of rotatable bonds is 11. The maximum absolute atomic E-state index is 9.55. The largest absolute Gasteiger partial charge is 0.493 e. The summed E-state index contributed by atoms with van der Waals surface area (Å²) in [6.45, 7) is 3.98. The number of ether oxygens (including phenoxy) is 2. The molecule has 39 heavy (non-hydrogen) atoms. The molecule has 8 nitrogen and oxygen atoms in total. The van der Waals surface area contributed by atoms with Crippen molar-refractivity contribution in [2.75, 3.05) is 38.2 Å². The second-order valence-electron chi connectivity index (χ2n) is 8.66. The van der Waals surface area contributed by atoms with E-state index in [1.807, 2.05) is 24.3 Å². The second kappa shape index (κ2) is 15.6. The number of methoxy groups -OCH3 is 1. The molecule has 0 fully saturated rings. The lowest BCUT2D eigenvalue weighted by Gasteiger charge is -2.29. The van der Waals surface area contributed by atoms with Gasteiger partial charge in [-0.15, -0.1) is 0 Å². The number of hydrogen-bond acceptors (Lipinski definition) is 6. The van der Waals surface area contributed by atoms with E-state index in [0.29, 0.717) is 12.2 Å². The third kappa shape index (κ3) is 10.0. The van der Waals surface area contributed by atoms with E-state index in [-0.39, 0.29) is 0 Å². The number of carbonyl (C=O) groups is 2. The van der Waals surface area contributed by atoms with Crippen molar-refractivity contribution < 1.29 is 29.3 Å². The zero-order chi connectivity index (χ0) is 27.9. The molecule has 0 atom stereocenters. The maximum Gasteiger partial charge on any atom is 0.328 e. The molecule has 8 heteroatoms. The standard InChI is InChI=1S/C27H30N2O2.C4H4O4/c1-30-26-15-8-9-16-27(26)31-25-17-21-28(22-18-25)19-10-20-29(23-11-4-2-5-12-23)24-13-6-3-7-14-24;5-3(6)1-2-4(7)8/h2-9,11-17H,10,18-22H2,1H3;1-2H,(H,5,6)(H,7,8)/b;2-1+. The van der Waals surface area contributed by atoms with E-state index in [1.165, 1.54) is 11.4 Å². The Morgan fingerprint density at radius 2 is 1.38 bits per heavy atom. The van der Waals surface area contributed by atoms with Gasteiger partial charge in [-0.05, 0) is 48.9 Å². The Labute approximate surface area is 229 Å². The normalized spacial score (nSPS) is 13.1. The zero-order valence-corrected chi connectivity index (χ0v) is 22.0. The highest BCUT2D eigenvalue weighted by Gasteiger charge is 2.15. The lowest BCUT2D eigenvalue weighted by atomic mass is 10.2. The van der Waals surface area contributed by atoms with Gasteiger partial charge in [0.05, 0.1) is 7.11 Å². The summed E-state index contributed by atoms with van der Waals surface area (Å²) in [6, 6.07) is 29.1. The van der Waals surface area contributed by atoms with Crippen LogP contribution >= 0.6 is 0 Å². The number of carboxylic acids is 2. The average molecular weight is 531 g/mol. The number of aliphatic carboxylic acids is 2. The van der Waals surface area contributed by atoms with Crippen molar-refractivity contribution in [1.82, 2.24) is 4.90 Å². The van der Waals surface area contributed by atoms with Crippen LogP contribution < -0.4 is 14.4 Å². The van der Waals surface area contributed by atoms with Gasteiger partial charge in [-0.2, -0.15) is 0 Å². The van der Waals surface area contributed by atoms with Crippen LogP contribution in [0.15, 0.2) is 109 Å². The molecule has 0 aromatic heterocycles. The lowest BCUT2D eigenvalue weighted by Crippen LogP contribution is -2.32. The fraction of sp³-hybridized carbons (Fsp3) is 0.226. The zero-order valence-electron chi connectivity index (χ0n) is 22.0. The first-order valence-corrected chi connectivity index (χ1v) is 12.7. The van der Waals surface area contributed by atoms with Crippen LogP contribution in [0.4, 0.5) is 11.4 Å². The van der Waals surface area contributed by atoms with Gasteiger partial charge in [0.25, 0.3) is 0 Å². The SMILES string of the molecule is COc1ccccc1OC1=CCN(CCCN(c2ccccc2)c2ccccc2)CC1.O=C(O)/C=C/C(=O)O. The Balaban J connectivity index is 0.000000459. The van der Waals surface area contributed by atoms with Crippen LogP contribution in [0.25, 0.3) is 0 Å². The van der Waals surface area contributed by atoms with Crippen LogP contribution in [0, 0.1) is 0 Å². The maximum atomic E-state index is 9.55. The van der Waals surface area contributed by atoms with Gasteiger partial charge in [0.15, 0.2) is 11.5 Å². The predicted octanol–water partition coefficient (Wildman–Crippen LogP) is 5.60. The highest BCUT2D eigenvalue weighted by atomic mass is 16.5. The summed E-state index contributed by atoms with van der Waals surface area (Å²) in [5.74, 6) is 0.0644. The Kier molecular flexibility index (Phi) is 11.6. The first-order valence-electron chi connectivity index (χ1n) is 12.7. The summed E-state index contributed by atoms with van der Waals surface area (Å²) in [6.07, 6.45) is 5.33. The molecule has 3 aromatic carbocycles. The molecule has 0 radical (unpaired) electrons. The van der Waals surface area contributed by atoms with Crippen molar-refractivity contribution >= 4 is 23.3 Å². The van der Waals surface area contributed by atoms with Crippen molar-refractivity contribution in [1.29, 1.82) is 0 Å². The van der Waals surface area contributed by atoms with E-state index in [4.69, 9.17) is 19.7 Å². The van der Waals surface area contributed by atoms with E-state index < -0.39 is 11.9 Å². The van der Waals surface area contributed by atoms with Gasteiger partial charge in [0.1, 0.15) is 5.76 Å². The first kappa shape index (κ1) is 29.0. The second-order valence-corrected chi connectivity index (χ2v) is 8.66. The molecule has 1 aliphatic rings. The Morgan fingerprint density at radius 3 is 1.87 bits per heavy atom. The summed E-state index contributed by atoms with van der Waals surface area (Å²) >= 11 is 0. The summed E-state index contributed by atoms with van der Waals surface area (Å²) < 4.78 is 11.5. The summed E-state index contributed by atoms with van der Waals surface area (Å²) in [5.41, 5.74) is 2.47. The van der Waals surface area contributed by atoms with Crippen LogP contribution in [0.1, 0.15) is 12.8 Å². The van der Waals surface area contributed by atoms with E-state index >= 15 is 0 Å². The van der Waals surface area contributed by atoms with Crippen LogP contribution in [0.5, 0.6) is 11.5 Å². The minimum Gasteiger partial charge on any atom is -0.493 e. The van der Waals surface area contributed by atoms with Gasteiger partial charge in [-0.3, -0.25) is 4.90 Å². The van der Waals surface area contributed by atoms with Gasteiger partial charge in [-0.25, -0.2) is 9.59 Å². The predicted molar refractivity (Wildman–Crippen MR) is 152 cm³/mol. The highest BCUT2D eigenvalue weighted by Crippen LogP contribution is 2.29. The molecule has 0 saturated heterocycles. The molecule has 0 saturated carbocycles. The monoisotopic (exact) mass is 530 g/mol. The molecule has 0 amide bonds. The molecule has 2 N–H and O–H groups in total. The van der Waals surface area contributed by atoms with E-state index in [1.54, 1.807) is 7.11 Å². The van der Waals surface area contributed by atoms with Gasteiger partial charge >= 0.3 is 11.9 Å². The molecule has 204 valence electrons. The minimum absolute atomic E-state index is 0.558. The Bertz CT molecular complexity index is 1190. The van der Waals surface area contributed by atoms with Crippen LogP contribution in [0.3, 0.4) is 0 Å². The molecule has 3 aromatic rings. The molecule has 1 heterocycles. The van der Waals surface area contributed by atoms with E-state index in [0.717, 1.165) is 56.3 Å².